The fourth-order valence-electron chi connectivity index (χ4n) is 1.02. The monoisotopic (exact) mass is 242 g/mol. The lowest BCUT2D eigenvalue weighted by atomic mass is 10.1. The van der Waals surface area contributed by atoms with Gasteiger partial charge in [-0.2, -0.15) is 0 Å². The molecule has 0 radical (unpaired) electrons. The quantitative estimate of drug-likeness (QED) is 0.820. The van der Waals surface area contributed by atoms with E-state index in [0.717, 1.165) is 22.8 Å². The number of aromatic nitrogens is 1. The third-order valence-corrected chi connectivity index (χ3v) is 2.21. The van der Waals surface area contributed by atoms with E-state index in [-0.39, 0.29) is 0 Å². The molecule has 0 aromatic carbocycles. The Morgan fingerprint density at radius 3 is 2.92 bits per heavy atom. The molecule has 2 nitrogen and oxygen atoms in total. The zero-order valence-corrected chi connectivity index (χ0v) is 9.63. The number of hydrogen-bond acceptors (Lipinski definition) is 2. The van der Waals surface area contributed by atoms with Gasteiger partial charge in [-0.15, -0.1) is 0 Å². The van der Waals surface area contributed by atoms with Crippen LogP contribution in [0.3, 0.4) is 0 Å². The second-order valence-electron chi connectivity index (χ2n) is 3.48. The molecule has 0 spiro atoms. The first kappa shape index (κ1) is 10.5. The van der Waals surface area contributed by atoms with Crippen LogP contribution in [0.1, 0.15) is 20.3 Å². The summed E-state index contributed by atoms with van der Waals surface area (Å²) in [5.41, 5.74) is 1.13. The van der Waals surface area contributed by atoms with Gasteiger partial charge >= 0.3 is 0 Å². The zero-order chi connectivity index (χ0) is 9.68. The standard InChI is InChI=1S/C10H15BrN2/c1-8(2)3-5-12-9-4-6-13-10(11)7-9/h4,6-8H,3,5H2,1-2H3,(H,12,13). The highest BCUT2D eigenvalue weighted by molar-refractivity contribution is 9.10. The molecule has 13 heavy (non-hydrogen) atoms. The molecule has 1 rings (SSSR count). The van der Waals surface area contributed by atoms with Crippen LogP contribution in [0.5, 0.6) is 0 Å². The van der Waals surface area contributed by atoms with Gasteiger partial charge in [-0.25, -0.2) is 4.98 Å². The number of halogens is 1. The highest BCUT2D eigenvalue weighted by atomic mass is 79.9. The summed E-state index contributed by atoms with van der Waals surface area (Å²) in [6, 6.07) is 3.96. The molecule has 0 aliphatic carbocycles. The summed E-state index contributed by atoms with van der Waals surface area (Å²) in [5.74, 6) is 0.748. The SMILES string of the molecule is CC(C)CCNc1ccnc(Br)c1. The molecule has 0 fully saturated rings. The summed E-state index contributed by atoms with van der Waals surface area (Å²) in [6.45, 7) is 5.47. The Morgan fingerprint density at radius 2 is 2.31 bits per heavy atom. The first-order valence-corrected chi connectivity index (χ1v) is 5.33. The van der Waals surface area contributed by atoms with Crippen LogP contribution in [0.4, 0.5) is 5.69 Å². The first-order valence-electron chi connectivity index (χ1n) is 4.54. The van der Waals surface area contributed by atoms with Crippen LogP contribution < -0.4 is 5.32 Å². The van der Waals surface area contributed by atoms with E-state index in [4.69, 9.17) is 0 Å². The molecule has 72 valence electrons. The zero-order valence-electron chi connectivity index (χ0n) is 8.05. The molecule has 1 aromatic rings. The smallest absolute Gasteiger partial charge is 0.108 e. The van der Waals surface area contributed by atoms with Crippen LogP contribution >= 0.6 is 15.9 Å². The fraction of sp³-hybridized carbons (Fsp3) is 0.500. The lowest BCUT2D eigenvalue weighted by Gasteiger charge is -2.07. The van der Waals surface area contributed by atoms with Crippen molar-refractivity contribution in [2.75, 3.05) is 11.9 Å². The van der Waals surface area contributed by atoms with Crippen molar-refractivity contribution in [1.82, 2.24) is 4.98 Å². The van der Waals surface area contributed by atoms with Crippen molar-refractivity contribution >= 4 is 21.6 Å². The minimum atomic E-state index is 0.748. The third kappa shape index (κ3) is 4.27. The lowest BCUT2D eigenvalue weighted by molar-refractivity contribution is 0.607. The van der Waals surface area contributed by atoms with Crippen molar-refractivity contribution in [1.29, 1.82) is 0 Å². The molecule has 0 saturated carbocycles. The molecule has 0 bridgehead atoms. The van der Waals surface area contributed by atoms with Crippen LogP contribution in [0, 0.1) is 5.92 Å². The molecular weight excluding hydrogens is 228 g/mol. The summed E-state index contributed by atoms with van der Waals surface area (Å²) in [5, 5.41) is 3.35. The Hall–Kier alpha value is -0.570. The van der Waals surface area contributed by atoms with Crippen molar-refractivity contribution in [3.05, 3.63) is 22.9 Å². The van der Waals surface area contributed by atoms with E-state index in [1.165, 1.54) is 6.42 Å². The van der Waals surface area contributed by atoms with Gasteiger partial charge in [0.15, 0.2) is 0 Å². The predicted molar refractivity (Wildman–Crippen MR) is 59.9 cm³/mol. The number of nitrogens with zero attached hydrogens (tertiary/aromatic N) is 1. The molecule has 3 heteroatoms. The van der Waals surface area contributed by atoms with Crippen molar-refractivity contribution in [2.45, 2.75) is 20.3 Å². The third-order valence-electron chi connectivity index (χ3n) is 1.78. The van der Waals surface area contributed by atoms with Gasteiger partial charge in [0.05, 0.1) is 0 Å². The van der Waals surface area contributed by atoms with Crippen LogP contribution in [0.15, 0.2) is 22.9 Å². The number of nitrogens with one attached hydrogen (secondary N) is 1. The molecule has 1 aromatic heterocycles. The Labute approximate surface area is 87.9 Å². The van der Waals surface area contributed by atoms with Gasteiger partial charge in [0, 0.05) is 18.4 Å². The topological polar surface area (TPSA) is 24.9 Å². The number of anilines is 1. The maximum absolute atomic E-state index is 4.06. The van der Waals surface area contributed by atoms with Gasteiger partial charge in [-0.05, 0) is 40.4 Å². The van der Waals surface area contributed by atoms with Crippen molar-refractivity contribution in [3.63, 3.8) is 0 Å². The minimum absolute atomic E-state index is 0.748. The first-order chi connectivity index (χ1) is 6.18. The molecule has 0 unspecified atom stereocenters. The van der Waals surface area contributed by atoms with Gasteiger partial charge in [-0.3, -0.25) is 0 Å². The van der Waals surface area contributed by atoms with Gasteiger partial charge in [0.1, 0.15) is 4.60 Å². The van der Waals surface area contributed by atoms with Gasteiger partial charge in [0.2, 0.25) is 0 Å². The largest absolute Gasteiger partial charge is 0.385 e. The van der Waals surface area contributed by atoms with Gasteiger partial charge in [-0.1, -0.05) is 13.8 Å². The summed E-state index contributed by atoms with van der Waals surface area (Å²) >= 11 is 3.33. The molecule has 1 N–H and O–H groups in total. The minimum Gasteiger partial charge on any atom is -0.385 e. The second-order valence-corrected chi connectivity index (χ2v) is 4.29. The number of pyridine rings is 1. The number of hydrogen-bond donors (Lipinski definition) is 1. The molecule has 1 heterocycles. The van der Waals surface area contributed by atoms with Crippen molar-refractivity contribution < 1.29 is 0 Å². The maximum Gasteiger partial charge on any atom is 0.108 e. The average Bonchev–Trinajstić information content (AvgIpc) is 2.03. The molecule has 0 aliphatic heterocycles. The predicted octanol–water partition coefficient (Wildman–Crippen LogP) is 3.30. The fourth-order valence-corrected chi connectivity index (χ4v) is 1.38. The normalized spacial score (nSPS) is 10.5. The van der Waals surface area contributed by atoms with Gasteiger partial charge in [0.25, 0.3) is 0 Å². The van der Waals surface area contributed by atoms with Crippen LogP contribution in [0.2, 0.25) is 0 Å². The van der Waals surface area contributed by atoms with E-state index in [0.29, 0.717) is 0 Å². The second kappa shape index (κ2) is 5.22. The maximum atomic E-state index is 4.06. The van der Waals surface area contributed by atoms with E-state index < -0.39 is 0 Å². The van der Waals surface area contributed by atoms with E-state index in [9.17, 15) is 0 Å². The lowest BCUT2D eigenvalue weighted by Crippen LogP contribution is -2.04. The van der Waals surface area contributed by atoms with Crippen LogP contribution in [-0.4, -0.2) is 11.5 Å². The van der Waals surface area contributed by atoms with E-state index in [1.54, 1.807) is 6.20 Å². The molecule has 0 aliphatic rings. The molecular formula is C10H15BrN2. The van der Waals surface area contributed by atoms with Crippen LogP contribution in [0.25, 0.3) is 0 Å². The average molecular weight is 243 g/mol. The number of rotatable bonds is 4. The van der Waals surface area contributed by atoms with Gasteiger partial charge < -0.3 is 5.32 Å². The molecule has 0 atom stereocenters. The van der Waals surface area contributed by atoms with Crippen molar-refractivity contribution in [3.8, 4) is 0 Å². The van der Waals surface area contributed by atoms with E-state index >= 15 is 0 Å². The Balaban J connectivity index is 2.37. The highest BCUT2D eigenvalue weighted by Crippen LogP contribution is 2.12. The highest BCUT2D eigenvalue weighted by Gasteiger charge is 1.95. The van der Waals surface area contributed by atoms with E-state index in [1.807, 2.05) is 12.1 Å². The molecule has 0 amide bonds. The summed E-state index contributed by atoms with van der Waals surface area (Å²) in [4.78, 5) is 4.06. The summed E-state index contributed by atoms with van der Waals surface area (Å²) in [6.07, 6.45) is 2.99. The molecule has 0 saturated heterocycles. The summed E-state index contributed by atoms with van der Waals surface area (Å²) in [7, 11) is 0. The summed E-state index contributed by atoms with van der Waals surface area (Å²) < 4.78 is 0.877. The Morgan fingerprint density at radius 1 is 1.54 bits per heavy atom. The van der Waals surface area contributed by atoms with E-state index in [2.05, 4.69) is 40.1 Å². The Kier molecular flexibility index (Phi) is 4.22. The Bertz CT molecular complexity index is 261. The van der Waals surface area contributed by atoms with Crippen LogP contribution in [-0.2, 0) is 0 Å². The van der Waals surface area contributed by atoms with Crippen molar-refractivity contribution in [2.24, 2.45) is 5.92 Å².